The Balaban J connectivity index is 2.01. The SMILES string of the molecule is Cc1ccc(Cc2nnc3ccc(C(N)=O)cn23)cc1C. The first-order chi connectivity index (χ1) is 10.0. The number of benzene rings is 1. The Labute approximate surface area is 122 Å². The van der Waals surface area contributed by atoms with E-state index in [4.69, 9.17) is 5.73 Å². The molecule has 106 valence electrons. The molecule has 0 radical (unpaired) electrons. The topological polar surface area (TPSA) is 73.3 Å². The lowest BCUT2D eigenvalue weighted by atomic mass is 10.0. The van der Waals surface area contributed by atoms with Crippen molar-refractivity contribution in [3.05, 3.63) is 64.6 Å². The van der Waals surface area contributed by atoms with Gasteiger partial charge in [0, 0.05) is 12.6 Å². The number of nitrogens with two attached hydrogens (primary N) is 1. The standard InChI is InChI=1S/C16H16N4O/c1-10-3-4-12(7-11(10)2)8-15-19-18-14-6-5-13(16(17)21)9-20(14)15/h3-7,9H,8H2,1-2H3,(H2,17,21). The predicted molar refractivity (Wildman–Crippen MR) is 80.2 cm³/mol. The molecule has 0 spiro atoms. The monoisotopic (exact) mass is 280 g/mol. The van der Waals surface area contributed by atoms with Crippen molar-refractivity contribution in [1.29, 1.82) is 0 Å². The first kappa shape index (κ1) is 13.3. The maximum Gasteiger partial charge on any atom is 0.250 e. The van der Waals surface area contributed by atoms with E-state index < -0.39 is 5.91 Å². The number of aryl methyl sites for hydroxylation is 2. The van der Waals surface area contributed by atoms with E-state index in [1.54, 1.807) is 18.3 Å². The van der Waals surface area contributed by atoms with Gasteiger partial charge in [-0.15, -0.1) is 10.2 Å². The zero-order valence-corrected chi connectivity index (χ0v) is 12.0. The Morgan fingerprint density at radius 3 is 2.67 bits per heavy atom. The Bertz CT molecular complexity index is 835. The van der Waals surface area contributed by atoms with Gasteiger partial charge in [0.15, 0.2) is 5.65 Å². The number of carbonyl (C=O) groups is 1. The lowest BCUT2D eigenvalue weighted by Crippen LogP contribution is -2.12. The summed E-state index contributed by atoms with van der Waals surface area (Å²) >= 11 is 0. The molecular formula is C16H16N4O. The smallest absolute Gasteiger partial charge is 0.250 e. The summed E-state index contributed by atoms with van der Waals surface area (Å²) in [5.41, 5.74) is 10.2. The van der Waals surface area contributed by atoms with Gasteiger partial charge in [-0.05, 0) is 42.7 Å². The number of aromatic nitrogens is 3. The molecule has 0 saturated heterocycles. The number of amides is 1. The third-order valence-corrected chi connectivity index (χ3v) is 3.69. The highest BCUT2D eigenvalue weighted by Gasteiger charge is 2.09. The maximum absolute atomic E-state index is 11.3. The molecule has 0 aliphatic carbocycles. The van der Waals surface area contributed by atoms with Gasteiger partial charge in [-0.1, -0.05) is 18.2 Å². The van der Waals surface area contributed by atoms with Crippen molar-refractivity contribution >= 4 is 11.6 Å². The van der Waals surface area contributed by atoms with Crippen molar-refractivity contribution in [1.82, 2.24) is 14.6 Å². The van der Waals surface area contributed by atoms with Crippen molar-refractivity contribution in [2.24, 2.45) is 5.73 Å². The van der Waals surface area contributed by atoms with Gasteiger partial charge in [0.05, 0.1) is 5.56 Å². The van der Waals surface area contributed by atoms with Crippen molar-refractivity contribution in [3.8, 4) is 0 Å². The highest BCUT2D eigenvalue weighted by molar-refractivity contribution is 5.92. The van der Waals surface area contributed by atoms with Gasteiger partial charge in [0.25, 0.3) is 0 Å². The molecule has 21 heavy (non-hydrogen) atoms. The molecule has 5 nitrogen and oxygen atoms in total. The van der Waals surface area contributed by atoms with Gasteiger partial charge >= 0.3 is 0 Å². The molecule has 0 unspecified atom stereocenters. The Morgan fingerprint density at radius 1 is 1.14 bits per heavy atom. The lowest BCUT2D eigenvalue weighted by Gasteiger charge is -2.05. The van der Waals surface area contributed by atoms with Gasteiger partial charge in [-0.25, -0.2) is 0 Å². The van der Waals surface area contributed by atoms with Crippen molar-refractivity contribution in [3.63, 3.8) is 0 Å². The highest BCUT2D eigenvalue weighted by atomic mass is 16.1. The highest BCUT2D eigenvalue weighted by Crippen LogP contribution is 2.14. The fourth-order valence-electron chi connectivity index (χ4n) is 2.30. The molecular weight excluding hydrogens is 264 g/mol. The van der Waals surface area contributed by atoms with Crippen LogP contribution in [0.1, 0.15) is 32.9 Å². The van der Waals surface area contributed by atoms with Crippen molar-refractivity contribution in [2.75, 3.05) is 0 Å². The number of fused-ring (bicyclic) bond motifs is 1. The molecule has 0 fully saturated rings. The van der Waals surface area contributed by atoms with Crippen LogP contribution in [0.5, 0.6) is 0 Å². The van der Waals surface area contributed by atoms with Crippen LogP contribution in [-0.2, 0) is 6.42 Å². The van der Waals surface area contributed by atoms with E-state index in [0.717, 1.165) is 11.4 Å². The zero-order valence-electron chi connectivity index (χ0n) is 12.0. The second kappa shape index (κ2) is 5.01. The average Bonchev–Trinajstić information content (AvgIpc) is 2.85. The summed E-state index contributed by atoms with van der Waals surface area (Å²) in [6, 6.07) is 9.74. The van der Waals surface area contributed by atoms with E-state index in [1.165, 1.54) is 11.1 Å². The summed E-state index contributed by atoms with van der Waals surface area (Å²) in [6.07, 6.45) is 2.35. The fourth-order valence-corrected chi connectivity index (χ4v) is 2.30. The second-order valence-corrected chi connectivity index (χ2v) is 5.22. The maximum atomic E-state index is 11.3. The van der Waals surface area contributed by atoms with Crippen LogP contribution in [0.2, 0.25) is 0 Å². The van der Waals surface area contributed by atoms with Gasteiger partial charge < -0.3 is 5.73 Å². The zero-order chi connectivity index (χ0) is 15.0. The van der Waals surface area contributed by atoms with E-state index >= 15 is 0 Å². The van der Waals surface area contributed by atoms with Crippen LogP contribution in [-0.4, -0.2) is 20.5 Å². The number of pyridine rings is 1. The Hall–Kier alpha value is -2.69. The van der Waals surface area contributed by atoms with E-state index in [9.17, 15) is 4.79 Å². The number of hydrogen-bond acceptors (Lipinski definition) is 3. The summed E-state index contributed by atoms with van der Waals surface area (Å²) in [5, 5.41) is 8.32. The summed E-state index contributed by atoms with van der Waals surface area (Å²) in [5.74, 6) is 0.332. The summed E-state index contributed by atoms with van der Waals surface area (Å²) in [7, 11) is 0. The van der Waals surface area contributed by atoms with E-state index in [2.05, 4.69) is 42.2 Å². The van der Waals surface area contributed by atoms with Gasteiger partial charge in [-0.3, -0.25) is 9.20 Å². The number of rotatable bonds is 3. The second-order valence-electron chi connectivity index (χ2n) is 5.22. The summed E-state index contributed by atoms with van der Waals surface area (Å²) < 4.78 is 1.81. The first-order valence-corrected chi connectivity index (χ1v) is 6.74. The molecule has 1 aromatic carbocycles. The first-order valence-electron chi connectivity index (χ1n) is 6.74. The molecule has 0 atom stereocenters. The van der Waals surface area contributed by atoms with Crippen LogP contribution in [0.15, 0.2) is 36.5 Å². The number of carbonyl (C=O) groups excluding carboxylic acids is 1. The van der Waals surface area contributed by atoms with Crippen LogP contribution in [0.3, 0.4) is 0 Å². The van der Waals surface area contributed by atoms with Crippen molar-refractivity contribution < 1.29 is 4.79 Å². The van der Waals surface area contributed by atoms with Crippen LogP contribution in [0, 0.1) is 13.8 Å². The lowest BCUT2D eigenvalue weighted by molar-refractivity contribution is 0.1000. The molecule has 5 heteroatoms. The molecule has 3 rings (SSSR count). The predicted octanol–water partition coefficient (Wildman–Crippen LogP) is 2.04. The molecule has 3 aromatic rings. The van der Waals surface area contributed by atoms with Crippen LogP contribution >= 0.6 is 0 Å². The van der Waals surface area contributed by atoms with Gasteiger partial charge in [-0.2, -0.15) is 0 Å². The Morgan fingerprint density at radius 2 is 1.95 bits per heavy atom. The van der Waals surface area contributed by atoms with Gasteiger partial charge in [0.2, 0.25) is 5.91 Å². The molecule has 0 aliphatic rings. The van der Waals surface area contributed by atoms with E-state index in [-0.39, 0.29) is 0 Å². The molecule has 2 heterocycles. The van der Waals surface area contributed by atoms with Crippen LogP contribution in [0.25, 0.3) is 5.65 Å². The number of nitrogens with zero attached hydrogens (tertiary/aromatic N) is 3. The molecule has 0 bridgehead atoms. The molecule has 2 N–H and O–H groups in total. The average molecular weight is 280 g/mol. The third kappa shape index (κ3) is 2.50. The molecule has 2 aromatic heterocycles. The Kier molecular flexibility index (Phi) is 3.17. The quantitative estimate of drug-likeness (QED) is 0.797. The van der Waals surface area contributed by atoms with Crippen LogP contribution in [0.4, 0.5) is 0 Å². The molecule has 1 amide bonds. The third-order valence-electron chi connectivity index (χ3n) is 3.69. The number of hydrogen-bond donors (Lipinski definition) is 1. The minimum atomic E-state index is -0.456. The largest absolute Gasteiger partial charge is 0.366 e. The van der Waals surface area contributed by atoms with Gasteiger partial charge in [0.1, 0.15) is 5.82 Å². The van der Waals surface area contributed by atoms with E-state index in [0.29, 0.717) is 17.6 Å². The van der Waals surface area contributed by atoms with E-state index in [1.807, 2.05) is 4.40 Å². The fraction of sp³-hybridized carbons (Fsp3) is 0.188. The summed E-state index contributed by atoms with van der Waals surface area (Å²) in [6.45, 7) is 4.18. The molecule has 0 aliphatic heterocycles. The minimum Gasteiger partial charge on any atom is -0.366 e. The minimum absolute atomic E-state index is 0.448. The normalized spacial score (nSPS) is 11.0. The molecule has 0 saturated carbocycles. The van der Waals surface area contributed by atoms with Crippen molar-refractivity contribution in [2.45, 2.75) is 20.3 Å². The summed E-state index contributed by atoms with van der Waals surface area (Å²) in [4.78, 5) is 11.3. The number of primary amides is 1. The van der Waals surface area contributed by atoms with Crippen LogP contribution < -0.4 is 5.73 Å².